The molecule has 8 nitrogen and oxygen atoms in total. The Bertz CT molecular complexity index is 942. The number of likely N-dealkylation sites (N-methyl/N-ethyl adjacent to an activating group) is 1. The molecule has 2 aromatic rings. The minimum absolute atomic E-state index is 0.0716. The third kappa shape index (κ3) is 4.26. The van der Waals surface area contributed by atoms with Gasteiger partial charge in [-0.15, -0.1) is 0 Å². The summed E-state index contributed by atoms with van der Waals surface area (Å²) < 4.78 is 31.9. The monoisotopic (exact) mass is 391 g/mol. The van der Waals surface area contributed by atoms with Crippen LogP contribution in [0.5, 0.6) is 0 Å². The van der Waals surface area contributed by atoms with Gasteiger partial charge >= 0.3 is 0 Å². The number of rotatable bonds is 5. The standard InChI is InChI=1S/C18H21N3O5S/c1-13(22)14-3-5-15(6-4-14)19-18(23)16-7-8-17(26-16)27(24,25)21-11-9-20(2)10-12-21/h3-8H,9-12H2,1-2H3,(H,19,23). The molecule has 0 radical (unpaired) electrons. The average Bonchev–Trinajstić information content (AvgIpc) is 3.14. The number of benzene rings is 1. The van der Waals surface area contributed by atoms with E-state index < -0.39 is 15.9 Å². The van der Waals surface area contributed by atoms with Gasteiger partial charge in [-0.25, -0.2) is 8.42 Å². The van der Waals surface area contributed by atoms with Crippen molar-refractivity contribution in [1.82, 2.24) is 9.21 Å². The number of nitrogens with one attached hydrogen (secondary N) is 1. The van der Waals surface area contributed by atoms with Crippen LogP contribution in [0.1, 0.15) is 27.8 Å². The third-order valence-corrected chi connectivity index (χ3v) is 6.18. The molecular formula is C18H21N3O5S. The van der Waals surface area contributed by atoms with Gasteiger partial charge in [-0.2, -0.15) is 4.31 Å². The molecule has 1 aliphatic heterocycles. The van der Waals surface area contributed by atoms with Gasteiger partial charge in [0.05, 0.1) is 0 Å². The lowest BCUT2D eigenvalue weighted by Gasteiger charge is -2.30. The topological polar surface area (TPSA) is 99.9 Å². The first-order chi connectivity index (χ1) is 12.8. The first-order valence-electron chi connectivity index (χ1n) is 8.48. The molecule has 3 rings (SSSR count). The molecule has 1 N–H and O–H groups in total. The number of ketones is 1. The maximum absolute atomic E-state index is 12.6. The van der Waals surface area contributed by atoms with E-state index in [2.05, 4.69) is 5.32 Å². The van der Waals surface area contributed by atoms with Gasteiger partial charge in [0.25, 0.3) is 15.9 Å². The predicted molar refractivity (Wildman–Crippen MR) is 99.4 cm³/mol. The van der Waals surface area contributed by atoms with Crippen molar-refractivity contribution in [2.24, 2.45) is 0 Å². The molecule has 27 heavy (non-hydrogen) atoms. The molecule has 144 valence electrons. The Morgan fingerprint density at radius 2 is 1.63 bits per heavy atom. The summed E-state index contributed by atoms with van der Waals surface area (Å²) in [5.74, 6) is -0.735. The summed E-state index contributed by atoms with van der Waals surface area (Å²) in [6.45, 7) is 3.50. The van der Waals surface area contributed by atoms with Crippen LogP contribution in [0.15, 0.2) is 45.9 Å². The fraction of sp³-hybridized carbons (Fsp3) is 0.333. The van der Waals surface area contributed by atoms with E-state index >= 15 is 0 Å². The van der Waals surface area contributed by atoms with Crippen LogP contribution in [-0.4, -0.2) is 62.5 Å². The van der Waals surface area contributed by atoms with Crippen molar-refractivity contribution in [2.75, 3.05) is 38.5 Å². The molecular weight excluding hydrogens is 370 g/mol. The SMILES string of the molecule is CC(=O)c1ccc(NC(=O)c2ccc(S(=O)(=O)N3CCN(C)CC3)o2)cc1. The number of piperazine rings is 1. The van der Waals surface area contributed by atoms with Crippen LogP contribution >= 0.6 is 0 Å². The third-order valence-electron chi connectivity index (χ3n) is 4.41. The van der Waals surface area contributed by atoms with E-state index in [9.17, 15) is 18.0 Å². The highest BCUT2D eigenvalue weighted by molar-refractivity contribution is 7.89. The van der Waals surface area contributed by atoms with E-state index in [1.54, 1.807) is 24.3 Å². The number of hydrogen-bond donors (Lipinski definition) is 1. The van der Waals surface area contributed by atoms with Crippen molar-refractivity contribution in [3.63, 3.8) is 0 Å². The minimum atomic E-state index is -3.76. The molecule has 0 atom stereocenters. The summed E-state index contributed by atoms with van der Waals surface area (Å²) in [6.07, 6.45) is 0. The number of sulfonamides is 1. The number of anilines is 1. The van der Waals surface area contributed by atoms with Crippen LogP contribution in [0.3, 0.4) is 0 Å². The molecule has 1 aromatic carbocycles. The smallest absolute Gasteiger partial charge is 0.291 e. The minimum Gasteiger partial charge on any atom is -0.438 e. The molecule has 0 unspecified atom stereocenters. The molecule has 0 bridgehead atoms. The van der Waals surface area contributed by atoms with Crippen molar-refractivity contribution in [2.45, 2.75) is 12.0 Å². The second kappa shape index (κ2) is 7.63. The van der Waals surface area contributed by atoms with Gasteiger partial charge in [0, 0.05) is 37.4 Å². The molecule has 1 aromatic heterocycles. The summed E-state index contributed by atoms with van der Waals surface area (Å²) in [4.78, 5) is 25.6. The van der Waals surface area contributed by atoms with Crippen molar-refractivity contribution >= 4 is 27.4 Å². The molecule has 1 aliphatic rings. The Labute approximate surface area is 157 Å². The van der Waals surface area contributed by atoms with Crippen LogP contribution in [0.25, 0.3) is 0 Å². The summed E-state index contributed by atoms with van der Waals surface area (Å²) in [7, 11) is -1.83. The highest BCUT2D eigenvalue weighted by atomic mass is 32.2. The number of furan rings is 1. The van der Waals surface area contributed by atoms with E-state index in [0.29, 0.717) is 37.4 Å². The maximum atomic E-state index is 12.6. The Hall–Kier alpha value is -2.49. The molecule has 2 heterocycles. The van der Waals surface area contributed by atoms with Gasteiger partial charge in [0.2, 0.25) is 5.09 Å². The van der Waals surface area contributed by atoms with Gasteiger partial charge in [0.15, 0.2) is 11.5 Å². The molecule has 1 fully saturated rings. The quantitative estimate of drug-likeness (QED) is 0.779. The number of Topliss-reactive ketones (excluding diaryl/α,β-unsaturated/α-hetero) is 1. The maximum Gasteiger partial charge on any atom is 0.291 e. The Kier molecular flexibility index (Phi) is 5.45. The number of amides is 1. The van der Waals surface area contributed by atoms with Gasteiger partial charge in [-0.1, -0.05) is 0 Å². The summed E-state index contributed by atoms with van der Waals surface area (Å²) in [6, 6.07) is 9.02. The zero-order valence-electron chi connectivity index (χ0n) is 15.1. The van der Waals surface area contributed by atoms with Crippen LogP contribution in [0.2, 0.25) is 0 Å². The van der Waals surface area contributed by atoms with Crippen molar-refractivity contribution < 1.29 is 22.4 Å². The van der Waals surface area contributed by atoms with E-state index in [4.69, 9.17) is 4.42 Å². The van der Waals surface area contributed by atoms with E-state index in [0.717, 1.165) is 0 Å². The molecule has 1 amide bonds. The Morgan fingerprint density at radius 3 is 2.22 bits per heavy atom. The summed E-state index contributed by atoms with van der Waals surface area (Å²) in [5.41, 5.74) is 1.01. The van der Waals surface area contributed by atoms with Crippen LogP contribution in [-0.2, 0) is 10.0 Å². The average molecular weight is 391 g/mol. The zero-order chi connectivity index (χ0) is 19.6. The lowest BCUT2D eigenvalue weighted by Crippen LogP contribution is -2.46. The highest BCUT2D eigenvalue weighted by Gasteiger charge is 2.30. The Balaban J connectivity index is 1.71. The van der Waals surface area contributed by atoms with Gasteiger partial charge < -0.3 is 14.6 Å². The lowest BCUT2D eigenvalue weighted by molar-refractivity contribution is 0.0989. The second-order valence-corrected chi connectivity index (χ2v) is 8.28. The Morgan fingerprint density at radius 1 is 1.00 bits per heavy atom. The fourth-order valence-electron chi connectivity index (χ4n) is 2.72. The number of carbonyl (C=O) groups excluding carboxylic acids is 2. The van der Waals surface area contributed by atoms with Crippen molar-refractivity contribution in [1.29, 1.82) is 0 Å². The molecule has 0 spiro atoms. The number of carbonyl (C=O) groups is 2. The van der Waals surface area contributed by atoms with E-state index in [1.807, 2.05) is 11.9 Å². The predicted octanol–water partition coefficient (Wildman–Crippen LogP) is 1.67. The van der Waals surface area contributed by atoms with E-state index in [-0.39, 0.29) is 16.6 Å². The number of nitrogens with zero attached hydrogens (tertiary/aromatic N) is 2. The van der Waals surface area contributed by atoms with Gasteiger partial charge in [-0.3, -0.25) is 9.59 Å². The van der Waals surface area contributed by atoms with E-state index in [1.165, 1.54) is 23.4 Å². The molecule has 9 heteroatoms. The van der Waals surface area contributed by atoms with Crippen LogP contribution in [0.4, 0.5) is 5.69 Å². The van der Waals surface area contributed by atoms with Gasteiger partial charge in [-0.05, 0) is 50.4 Å². The summed E-state index contributed by atoms with van der Waals surface area (Å²) in [5, 5.41) is 2.37. The molecule has 0 saturated carbocycles. The van der Waals surface area contributed by atoms with Crippen LogP contribution in [0, 0.1) is 0 Å². The summed E-state index contributed by atoms with van der Waals surface area (Å²) >= 11 is 0. The first-order valence-corrected chi connectivity index (χ1v) is 9.92. The van der Waals surface area contributed by atoms with Gasteiger partial charge in [0.1, 0.15) is 0 Å². The second-order valence-electron chi connectivity index (χ2n) is 6.41. The van der Waals surface area contributed by atoms with Crippen LogP contribution < -0.4 is 5.32 Å². The normalized spacial score (nSPS) is 16.2. The number of hydrogen-bond acceptors (Lipinski definition) is 6. The molecule has 1 saturated heterocycles. The zero-order valence-corrected chi connectivity index (χ0v) is 16.0. The van der Waals surface area contributed by atoms with Crippen molar-refractivity contribution in [3.8, 4) is 0 Å². The lowest BCUT2D eigenvalue weighted by atomic mass is 10.1. The first kappa shape index (κ1) is 19.3. The highest BCUT2D eigenvalue weighted by Crippen LogP contribution is 2.21. The largest absolute Gasteiger partial charge is 0.438 e. The fourth-order valence-corrected chi connectivity index (χ4v) is 4.05. The van der Waals surface area contributed by atoms with Crippen molar-refractivity contribution in [3.05, 3.63) is 47.7 Å². The molecule has 0 aliphatic carbocycles.